The molecular weight excluding hydrogens is 256 g/mol. The van der Waals surface area contributed by atoms with Crippen LogP contribution in [0.3, 0.4) is 0 Å². The predicted octanol–water partition coefficient (Wildman–Crippen LogP) is 1.67. The van der Waals surface area contributed by atoms with E-state index >= 15 is 0 Å². The minimum Gasteiger partial charge on any atom is -0.464 e. The SMILES string of the molecule is NC(=O)C(CNC(=O)c1cccc2occc12)C1CC1. The Morgan fingerprint density at radius 2 is 2.15 bits per heavy atom. The van der Waals surface area contributed by atoms with Gasteiger partial charge in [0.1, 0.15) is 5.58 Å². The lowest BCUT2D eigenvalue weighted by Crippen LogP contribution is -2.37. The van der Waals surface area contributed by atoms with Crippen LogP contribution in [-0.4, -0.2) is 18.4 Å². The summed E-state index contributed by atoms with van der Waals surface area (Å²) in [6.45, 7) is 0.299. The molecule has 2 amide bonds. The van der Waals surface area contributed by atoms with E-state index in [2.05, 4.69) is 5.32 Å². The Bertz CT molecular complexity index is 658. The van der Waals surface area contributed by atoms with Crippen molar-refractivity contribution in [2.75, 3.05) is 6.54 Å². The Kier molecular flexibility index (Phi) is 3.18. The van der Waals surface area contributed by atoms with Gasteiger partial charge in [0.05, 0.1) is 17.7 Å². The van der Waals surface area contributed by atoms with Gasteiger partial charge in [-0.3, -0.25) is 9.59 Å². The van der Waals surface area contributed by atoms with Crippen LogP contribution in [0.5, 0.6) is 0 Å². The fraction of sp³-hybridized carbons (Fsp3) is 0.333. The summed E-state index contributed by atoms with van der Waals surface area (Å²) in [6.07, 6.45) is 3.58. The zero-order valence-electron chi connectivity index (χ0n) is 11.0. The second-order valence-electron chi connectivity index (χ2n) is 5.19. The first-order chi connectivity index (χ1) is 9.66. The summed E-state index contributed by atoms with van der Waals surface area (Å²) in [5.41, 5.74) is 6.59. The minimum absolute atomic E-state index is 0.205. The summed E-state index contributed by atoms with van der Waals surface area (Å²) in [4.78, 5) is 23.6. The zero-order chi connectivity index (χ0) is 14.1. The molecule has 1 heterocycles. The monoisotopic (exact) mass is 272 g/mol. The van der Waals surface area contributed by atoms with E-state index in [0.717, 1.165) is 18.2 Å². The smallest absolute Gasteiger partial charge is 0.252 e. The first-order valence-corrected chi connectivity index (χ1v) is 6.70. The maximum atomic E-state index is 12.2. The number of rotatable bonds is 5. The van der Waals surface area contributed by atoms with E-state index in [4.69, 9.17) is 10.2 Å². The van der Waals surface area contributed by atoms with Crippen LogP contribution in [0.15, 0.2) is 34.9 Å². The molecule has 20 heavy (non-hydrogen) atoms. The van der Waals surface area contributed by atoms with E-state index in [-0.39, 0.29) is 17.7 Å². The van der Waals surface area contributed by atoms with Gasteiger partial charge >= 0.3 is 0 Å². The number of benzene rings is 1. The van der Waals surface area contributed by atoms with Gasteiger partial charge < -0.3 is 15.5 Å². The molecule has 1 aromatic heterocycles. The highest BCUT2D eigenvalue weighted by molar-refractivity contribution is 6.06. The van der Waals surface area contributed by atoms with Gasteiger partial charge in [-0.25, -0.2) is 0 Å². The highest BCUT2D eigenvalue weighted by Crippen LogP contribution is 2.36. The molecule has 3 N–H and O–H groups in total. The van der Waals surface area contributed by atoms with Crippen molar-refractivity contribution >= 4 is 22.8 Å². The number of fused-ring (bicyclic) bond motifs is 1. The van der Waals surface area contributed by atoms with Crippen molar-refractivity contribution in [3.05, 3.63) is 36.1 Å². The van der Waals surface area contributed by atoms with Gasteiger partial charge in [0.2, 0.25) is 5.91 Å². The molecular formula is C15H16N2O3. The van der Waals surface area contributed by atoms with Crippen LogP contribution in [0.2, 0.25) is 0 Å². The van der Waals surface area contributed by atoms with Crippen LogP contribution < -0.4 is 11.1 Å². The topological polar surface area (TPSA) is 85.3 Å². The fourth-order valence-corrected chi connectivity index (χ4v) is 2.49. The summed E-state index contributed by atoms with van der Waals surface area (Å²) in [6, 6.07) is 7.08. The average molecular weight is 272 g/mol. The van der Waals surface area contributed by atoms with Gasteiger partial charge in [-0.15, -0.1) is 0 Å². The Labute approximate surface area is 116 Å². The van der Waals surface area contributed by atoms with Crippen molar-refractivity contribution < 1.29 is 14.0 Å². The summed E-state index contributed by atoms with van der Waals surface area (Å²) in [5.74, 6) is -0.474. The molecule has 0 radical (unpaired) electrons. The van der Waals surface area contributed by atoms with Gasteiger partial charge in [0, 0.05) is 11.9 Å². The largest absolute Gasteiger partial charge is 0.464 e. The van der Waals surface area contributed by atoms with Gasteiger partial charge in [-0.2, -0.15) is 0 Å². The molecule has 2 aromatic rings. The van der Waals surface area contributed by atoms with E-state index < -0.39 is 0 Å². The highest BCUT2D eigenvalue weighted by atomic mass is 16.3. The summed E-state index contributed by atoms with van der Waals surface area (Å²) in [5, 5.41) is 3.57. The Balaban J connectivity index is 1.73. The third kappa shape index (κ3) is 2.39. The number of primary amides is 1. The van der Waals surface area contributed by atoms with Gasteiger partial charge in [0.25, 0.3) is 5.91 Å². The van der Waals surface area contributed by atoms with Crippen LogP contribution in [0.25, 0.3) is 11.0 Å². The fourth-order valence-electron chi connectivity index (χ4n) is 2.49. The number of carbonyl (C=O) groups is 2. The van der Waals surface area contributed by atoms with Crippen molar-refractivity contribution in [2.24, 2.45) is 17.6 Å². The van der Waals surface area contributed by atoms with Crippen molar-refractivity contribution in [1.82, 2.24) is 5.32 Å². The van der Waals surface area contributed by atoms with Crippen molar-refractivity contribution in [3.8, 4) is 0 Å². The Morgan fingerprint density at radius 3 is 2.85 bits per heavy atom. The van der Waals surface area contributed by atoms with Crippen LogP contribution in [0, 0.1) is 11.8 Å². The Morgan fingerprint density at radius 1 is 1.35 bits per heavy atom. The van der Waals surface area contributed by atoms with Crippen LogP contribution in [0.1, 0.15) is 23.2 Å². The standard InChI is InChI=1S/C15H16N2O3/c16-14(18)12(9-4-5-9)8-17-15(19)11-2-1-3-13-10(11)6-7-20-13/h1-3,6-7,9,12H,4-5,8H2,(H2,16,18)(H,17,19). The molecule has 1 aromatic carbocycles. The zero-order valence-corrected chi connectivity index (χ0v) is 11.0. The molecule has 3 rings (SSSR count). The molecule has 1 fully saturated rings. The quantitative estimate of drug-likeness (QED) is 0.868. The second-order valence-corrected chi connectivity index (χ2v) is 5.19. The molecule has 1 aliphatic carbocycles. The minimum atomic E-state index is -0.339. The lowest BCUT2D eigenvalue weighted by atomic mass is 10.0. The number of amides is 2. The van der Waals surface area contributed by atoms with E-state index in [0.29, 0.717) is 23.6 Å². The van der Waals surface area contributed by atoms with E-state index in [1.165, 1.54) is 0 Å². The van der Waals surface area contributed by atoms with Gasteiger partial charge in [0.15, 0.2) is 0 Å². The van der Waals surface area contributed by atoms with Crippen molar-refractivity contribution in [2.45, 2.75) is 12.8 Å². The number of furan rings is 1. The van der Waals surface area contributed by atoms with E-state index in [1.807, 2.05) is 6.07 Å². The molecule has 104 valence electrons. The predicted molar refractivity (Wildman–Crippen MR) is 74.0 cm³/mol. The van der Waals surface area contributed by atoms with Crippen LogP contribution in [-0.2, 0) is 4.79 Å². The molecule has 0 saturated heterocycles. The summed E-state index contributed by atoms with van der Waals surface area (Å²) >= 11 is 0. The maximum absolute atomic E-state index is 12.2. The van der Waals surface area contributed by atoms with Crippen molar-refractivity contribution in [1.29, 1.82) is 0 Å². The molecule has 0 aliphatic heterocycles. The maximum Gasteiger partial charge on any atom is 0.252 e. The molecule has 1 unspecified atom stereocenters. The summed E-state index contributed by atoms with van der Waals surface area (Å²) in [7, 11) is 0. The number of hydrogen-bond donors (Lipinski definition) is 2. The second kappa shape index (κ2) is 5.00. The third-order valence-corrected chi connectivity index (χ3v) is 3.78. The molecule has 5 nitrogen and oxygen atoms in total. The average Bonchev–Trinajstić information content (AvgIpc) is 3.14. The molecule has 1 saturated carbocycles. The highest BCUT2D eigenvalue weighted by Gasteiger charge is 2.35. The first-order valence-electron chi connectivity index (χ1n) is 6.70. The van der Waals surface area contributed by atoms with E-state index in [1.54, 1.807) is 24.5 Å². The van der Waals surface area contributed by atoms with E-state index in [9.17, 15) is 9.59 Å². The molecule has 0 bridgehead atoms. The lowest BCUT2D eigenvalue weighted by Gasteiger charge is -2.13. The Hall–Kier alpha value is -2.30. The summed E-state index contributed by atoms with van der Waals surface area (Å²) < 4.78 is 5.27. The van der Waals surface area contributed by atoms with Crippen LogP contribution in [0.4, 0.5) is 0 Å². The van der Waals surface area contributed by atoms with Gasteiger partial charge in [-0.05, 0) is 37.0 Å². The molecule has 1 atom stereocenters. The molecule has 5 heteroatoms. The number of nitrogens with one attached hydrogen (secondary N) is 1. The third-order valence-electron chi connectivity index (χ3n) is 3.78. The number of nitrogens with two attached hydrogens (primary N) is 1. The van der Waals surface area contributed by atoms with Crippen LogP contribution >= 0.6 is 0 Å². The normalized spacial score (nSPS) is 16.0. The molecule has 1 aliphatic rings. The number of hydrogen-bond acceptors (Lipinski definition) is 3. The number of carbonyl (C=O) groups excluding carboxylic acids is 2. The lowest BCUT2D eigenvalue weighted by molar-refractivity contribution is -0.122. The molecule has 0 spiro atoms. The van der Waals surface area contributed by atoms with Gasteiger partial charge in [-0.1, -0.05) is 6.07 Å². The van der Waals surface area contributed by atoms with Crippen molar-refractivity contribution in [3.63, 3.8) is 0 Å². The first kappa shape index (κ1) is 12.7.